The molecule has 5 nitrogen and oxygen atoms in total. The number of nitrogens with zero attached hydrogens (tertiary/aromatic N) is 1. The summed E-state index contributed by atoms with van der Waals surface area (Å²) in [6.45, 7) is 5.64. The van der Waals surface area contributed by atoms with Crippen LogP contribution in [0.15, 0.2) is 18.2 Å². The van der Waals surface area contributed by atoms with Crippen LogP contribution < -0.4 is 5.32 Å². The molecule has 1 amide bonds. The number of non-ortho nitro benzene ring substituents is 1. The molecule has 104 valence electrons. The zero-order valence-electron chi connectivity index (χ0n) is 11.1. The van der Waals surface area contributed by atoms with Crippen molar-refractivity contribution in [2.45, 2.75) is 26.8 Å². The molecule has 0 bridgehead atoms. The molecule has 1 unspecified atom stereocenters. The van der Waals surface area contributed by atoms with Crippen molar-refractivity contribution in [1.29, 1.82) is 0 Å². The Kier molecular flexibility index (Phi) is 5.30. The molecular weight excluding hydrogens is 268 g/mol. The van der Waals surface area contributed by atoms with Crippen molar-refractivity contribution in [2.75, 3.05) is 5.88 Å². The summed E-state index contributed by atoms with van der Waals surface area (Å²) in [5.41, 5.74) is 0.910. The van der Waals surface area contributed by atoms with Crippen LogP contribution in [-0.2, 0) is 0 Å². The third-order valence-corrected chi connectivity index (χ3v) is 3.30. The summed E-state index contributed by atoms with van der Waals surface area (Å²) in [5, 5.41) is 13.5. The Labute approximate surface area is 117 Å². The minimum Gasteiger partial charge on any atom is -0.348 e. The average Bonchev–Trinajstić information content (AvgIpc) is 2.35. The lowest BCUT2D eigenvalue weighted by Gasteiger charge is -2.20. The predicted molar refractivity (Wildman–Crippen MR) is 74.6 cm³/mol. The van der Waals surface area contributed by atoms with E-state index >= 15 is 0 Å². The smallest absolute Gasteiger partial charge is 0.270 e. The topological polar surface area (TPSA) is 72.2 Å². The molecule has 1 atom stereocenters. The summed E-state index contributed by atoms with van der Waals surface area (Å²) in [6.07, 6.45) is 0. The lowest BCUT2D eigenvalue weighted by molar-refractivity contribution is -0.384. The highest BCUT2D eigenvalue weighted by Gasteiger charge is 2.19. The predicted octanol–water partition coefficient (Wildman–Crippen LogP) is 2.90. The Hall–Kier alpha value is -1.62. The van der Waals surface area contributed by atoms with Gasteiger partial charge in [0.1, 0.15) is 0 Å². The molecule has 0 saturated carbocycles. The second-order valence-electron chi connectivity index (χ2n) is 4.73. The number of hydrogen-bond donors (Lipinski definition) is 1. The maximum Gasteiger partial charge on any atom is 0.270 e. The Morgan fingerprint density at radius 2 is 2.11 bits per heavy atom. The third kappa shape index (κ3) is 3.92. The molecule has 0 radical (unpaired) electrons. The van der Waals surface area contributed by atoms with Crippen LogP contribution in [0.1, 0.15) is 29.8 Å². The van der Waals surface area contributed by atoms with Gasteiger partial charge in [-0.3, -0.25) is 14.9 Å². The van der Waals surface area contributed by atoms with Crippen molar-refractivity contribution in [1.82, 2.24) is 5.32 Å². The molecule has 0 spiro atoms. The number of amides is 1. The number of halogens is 1. The van der Waals surface area contributed by atoms with Crippen LogP contribution in [0, 0.1) is 23.0 Å². The normalized spacial score (nSPS) is 12.3. The molecule has 0 fully saturated rings. The molecule has 0 saturated heterocycles. The molecule has 1 aromatic rings. The van der Waals surface area contributed by atoms with Crippen molar-refractivity contribution in [3.05, 3.63) is 39.4 Å². The van der Waals surface area contributed by atoms with E-state index in [9.17, 15) is 14.9 Å². The first-order chi connectivity index (χ1) is 8.86. The van der Waals surface area contributed by atoms with Gasteiger partial charge in [0, 0.05) is 29.6 Å². The van der Waals surface area contributed by atoms with Crippen LogP contribution in [0.3, 0.4) is 0 Å². The van der Waals surface area contributed by atoms with Gasteiger partial charge in [0.2, 0.25) is 0 Å². The highest BCUT2D eigenvalue weighted by Crippen LogP contribution is 2.18. The first kappa shape index (κ1) is 15.4. The van der Waals surface area contributed by atoms with Gasteiger partial charge >= 0.3 is 0 Å². The van der Waals surface area contributed by atoms with E-state index in [1.54, 1.807) is 13.0 Å². The zero-order chi connectivity index (χ0) is 14.6. The van der Waals surface area contributed by atoms with Crippen LogP contribution >= 0.6 is 11.6 Å². The number of aryl methyl sites for hydroxylation is 1. The maximum absolute atomic E-state index is 12.1. The van der Waals surface area contributed by atoms with Gasteiger partial charge in [-0.15, -0.1) is 11.6 Å². The number of hydrogen-bond acceptors (Lipinski definition) is 3. The van der Waals surface area contributed by atoms with Gasteiger partial charge in [-0.2, -0.15) is 0 Å². The highest BCUT2D eigenvalue weighted by molar-refractivity contribution is 6.18. The van der Waals surface area contributed by atoms with E-state index in [4.69, 9.17) is 11.6 Å². The molecule has 1 aromatic carbocycles. The Morgan fingerprint density at radius 1 is 1.47 bits per heavy atom. The number of alkyl halides is 1. The van der Waals surface area contributed by atoms with Gasteiger partial charge in [-0.25, -0.2) is 0 Å². The number of rotatable bonds is 5. The number of carbonyl (C=O) groups excluding carboxylic acids is 1. The molecule has 0 heterocycles. The van der Waals surface area contributed by atoms with Gasteiger partial charge in [0.05, 0.1) is 4.92 Å². The van der Waals surface area contributed by atoms with Gasteiger partial charge in [-0.05, 0) is 18.4 Å². The Bertz CT molecular complexity index is 489. The fourth-order valence-corrected chi connectivity index (χ4v) is 2.03. The summed E-state index contributed by atoms with van der Waals surface area (Å²) in [6, 6.07) is 4.08. The SMILES string of the molecule is Cc1ccc([N+](=O)[O-])cc1C(=O)NC(CCl)C(C)C. The first-order valence-electron chi connectivity index (χ1n) is 5.98. The average molecular weight is 285 g/mol. The lowest BCUT2D eigenvalue weighted by atomic mass is 10.0. The largest absolute Gasteiger partial charge is 0.348 e. The van der Waals surface area contributed by atoms with E-state index in [1.807, 2.05) is 13.8 Å². The molecule has 6 heteroatoms. The Balaban J connectivity index is 2.99. The van der Waals surface area contributed by atoms with E-state index in [0.717, 1.165) is 0 Å². The van der Waals surface area contributed by atoms with E-state index < -0.39 is 4.92 Å². The number of nitro benzene ring substituents is 1. The third-order valence-electron chi connectivity index (χ3n) is 2.96. The summed E-state index contributed by atoms with van der Waals surface area (Å²) in [4.78, 5) is 22.3. The number of nitro groups is 1. The van der Waals surface area contributed by atoms with Gasteiger partial charge in [0.15, 0.2) is 0 Å². The second-order valence-corrected chi connectivity index (χ2v) is 5.04. The van der Waals surface area contributed by atoms with E-state index in [2.05, 4.69) is 5.32 Å². The van der Waals surface area contributed by atoms with Crippen molar-refractivity contribution in [2.24, 2.45) is 5.92 Å². The van der Waals surface area contributed by atoms with E-state index in [1.165, 1.54) is 12.1 Å². The maximum atomic E-state index is 12.1. The molecule has 0 aliphatic heterocycles. The van der Waals surface area contributed by atoms with Crippen molar-refractivity contribution in [3.8, 4) is 0 Å². The molecule has 1 rings (SSSR count). The zero-order valence-corrected chi connectivity index (χ0v) is 11.9. The summed E-state index contributed by atoms with van der Waals surface area (Å²) >= 11 is 5.79. The van der Waals surface area contributed by atoms with E-state index in [-0.39, 0.29) is 23.6 Å². The van der Waals surface area contributed by atoms with Gasteiger partial charge < -0.3 is 5.32 Å². The monoisotopic (exact) mass is 284 g/mol. The molecular formula is C13H17ClN2O3. The highest BCUT2D eigenvalue weighted by atomic mass is 35.5. The summed E-state index contributed by atoms with van der Waals surface area (Å²) < 4.78 is 0. The van der Waals surface area contributed by atoms with Crippen LogP contribution in [0.5, 0.6) is 0 Å². The molecule has 0 aliphatic rings. The van der Waals surface area contributed by atoms with Gasteiger partial charge in [-0.1, -0.05) is 19.9 Å². The van der Waals surface area contributed by atoms with Crippen molar-refractivity contribution in [3.63, 3.8) is 0 Å². The Morgan fingerprint density at radius 3 is 2.58 bits per heavy atom. The fourth-order valence-electron chi connectivity index (χ4n) is 1.60. The minimum atomic E-state index is -0.516. The van der Waals surface area contributed by atoms with Gasteiger partial charge in [0.25, 0.3) is 11.6 Å². The number of benzene rings is 1. The first-order valence-corrected chi connectivity index (χ1v) is 6.52. The molecule has 1 N–H and O–H groups in total. The van der Waals surface area contributed by atoms with Crippen molar-refractivity contribution >= 4 is 23.2 Å². The minimum absolute atomic E-state index is 0.0947. The number of carbonyl (C=O) groups is 1. The van der Waals surface area contributed by atoms with Crippen LogP contribution in [0.25, 0.3) is 0 Å². The standard InChI is InChI=1S/C13H17ClN2O3/c1-8(2)12(7-14)15-13(17)11-6-10(16(18)19)5-4-9(11)3/h4-6,8,12H,7H2,1-3H3,(H,15,17). The fraction of sp³-hybridized carbons (Fsp3) is 0.462. The van der Waals surface area contributed by atoms with E-state index in [0.29, 0.717) is 17.0 Å². The van der Waals surface area contributed by atoms with Crippen molar-refractivity contribution < 1.29 is 9.72 Å². The second kappa shape index (κ2) is 6.52. The molecule has 0 aromatic heterocycles. The summed E-state index contributed by atoms with van der Waals surface area (Å²) in [7, 11) is 0. The lowest BCUT2D eigenvalue weighted by Crippen LogP contribution is -2.40. The van der Waals surface area contributed by atoms with Crippen LogP contribution in [0.4, 0.5) is 5.69 Å². The number of nitrogens with one attached hydrogen (secondary N) is 1. The van der Waals surface area contributed by atoms with Crippen LogP contribution in [0.2, 0.25) is 0 Å². The molecule has 0 aliphatic carbocycles. The molecule has 19 heavy (non-hydrogen) atoms. The van der Waals surface area contributed by atoms with Crippen LogP contribution in [-0.4, -0.2) is 22.8 Å². The quantitative estimate of drug-likeness (QED) is 0.513. The summed E-state index contributed by atoms with van der Waals surface area (Å²) in [5.74, 6) is 0.165.